The quantitative estimate of drug-likeness (QED) is 0.683. The number of carbonyl (C=O) groups is 4. The molecule has 2 aromatic carbocycles. The van der Waals surface area contributed by atoms with Crippen molar-refractivity contribution in [3.63, 3.8) is 0 Å². The standard InChI is InChI=1S/C20H20N4O4/c1-20(15-10-6-3-7-11-15)17(26)24(19(28)23-20)13-16(25)22-18(27)21-12-14-8-4-2-5-9-14/h2-11H,12-13H2,1H3,(H,23,28)(H2,21,22,25,27)/t20-/m0/s1. The summed E-state index contributed by atoms with van der Waals surface area (Å²) in [5.74, 6) is -1.31. The Hall–Kier alpha value is -3.68. The van der Waals surface area contributed by atoms with Crippen LogP contribution in [0.25, 0.3) is 0 Å². The third kappa shape index (κ3) is 4.01. The summed E-state index contributed by atoms with van der Waals surface area (Å²) in [7, 11) is 0. The van der Waals surface area contributed by atoms with E-state index in [1.807, 2.05) is 30.3 Å². The predicted molar refractivity (Wildman–Crippen MR) is 101 cm³/mol. The van der Waals surface area contributed by atoms with Crippen molar-refractivity contribution >= 4 is 23.9 Å². The number of hydrogen-bond acceptors (Lipinski definition) is 4. The Bertz CT molecular complexity index is 901. The fourth-order valence-corrected chi connectivity index (χ4v) is 2.94. The van der Waals surface area contributed by atoms with Crippen LogP contribution in [0.15, 0.2) is 60.7 Å². The average Bonchev–Trinajstić information content (AvgIpc) is 2.92. The van der Waals surface area contributed by atoms with Crippen molar-refractivity contribution in [1.82, 2.24) is 20.9 Å². The molecule has 0 spiro atoms. The third-order valence-electron chi connectivity index (χ3n) is 4.48. The summed E-state index contributed by atoms with van der Waals surface area (Å²) >= 11 is 0. The molecular weight excluding hydrogens is 360 g/mol. The lowest BCUT2D eigenvalue weighted by Gasteiger charge is -2.22. The van der Waals surface area contributed by atoms with Gasteiger partial charge in [0.15, 0.2) is 0 Å². The summed E-state index contributed by atoms with van der Waals surface area (Å²) in [6, 6.07) is 16.6. The monoisotopic (exact) mass is 380 g/mol. The zero-order chi connectivity index (χ0) is 20.1. The first-order valence-electron chi connectivity index (χ1n) is 8.71. The Kier molecular flexibility index (Phi) is 5.39. The Labute approximate surface area is 161 Å². The van der Waals surface area contributed by atoms with Gasteiger partial charge in [0.1, 0.15) is 12.1 Å². The van der Waals surface area contributed by atoms with Crippen LogP contribution in [-0.4, -0.2) is 35.3 Å². The molecular formula is C20H20N4O4. The normalized spacial score (nSPS) is 18.5. The van der Waals surface area contributed by atoms with Gasteiger partial charge < -0.3 is 10.6 Å². The number of carbonyl (C=O) groups excluding carboxylic acids is 4. The number of nitrogens with zero attached hydrogens (tertiary/aromatic N) is 1. The van der Waals surface area contributed by atoms with Crippen LogP contribution >= 0.6 is 0 Å². The molecule has 2 aromatic rings. The number of urea groups is 2. The lowest BCUT2D eigenvalue weighted by atomic mass is 9.92. The molecule has 0 bridgehead atoms. The van der Waals surface area contributed by atoms with E-state index in [0.717, 1.165) is 10.5 Å². The van der Waals surface area contributed by atoms with Crippen LogP contribution in [0, 0.1) is 0 Å². The van der Waals surface area contributed by atoms with Crippen LogP contribution in [-0.2, 0) is 21.7 Å². The Morgan fingerprint density at radius 2 is 1.61 bits per heavy atom. The molecule has 8 heteroatoms. The summed E-state index contributed by atoms with van der Waals surface area (Å²) in [5.41, 5.74) is 0.225. The van der Waals surface area contributed by atoms with Gasteiger partial charge in [0, 0.05) is 6.54 Å². The van der Waals surface area contributed by atoms with Crippen LogP contribution in [0.2, 0.25) is 0 Å². The smallest absolute Gasteiger partial charge is 0.325 e. The molecule has 28 heavy (non-hydrogen) atoms. The number of benzene rings is 2. The summed E-state index contributed by atoms with van der Waals surface area (Å²) in [4.78, 5) is 49.7. The summed E-state index contributed by atoms with van der Waals surface area (Å²) in [6.45, 7) is 1.27. The van der Waals surface area contributed by atoms with Crippen molar-refractivity contribution in [2.24, 2.45) is 0 Å². The van der Waals surface area contributed by atoms with Crippen LogP contribution in [0.4, 0.5) is 9.59 Å². The van der Waals surface area contributed by atoms with Crippen molar-refractivity contribution in [2.75, 3.05) is 6.54 Å². The first kappa shape index (κ1) is 19.1. The minimum Gasteiger partial charge on any atom is -0.334 e. The minimum absolute atomic E-state index is 0.245. The highest BCUT2D eigenvalue weighted by atomic mass is 16.2. The Morgan fingerprint density at radius 1 is 1.00 bits per heavy atom. The zero-order valence-corrected chi connectivity index (χ0v) is 15.3. The molecule has 0 aliphatic carbocycles. The molecule has 0 unspecified atom stereocenters. The van der Waals surface area contributed by atoms with Gasteiger partial charge in [-0.15, -0.1) is 0 Å². The molecule has 1 heterocycles. The van der Waals surface area contributed by atoms with Gasteiger partial charge in [-0.25, -0.2) is 9.59 Å². The summed E-state index contributed by atoms with van der Waals surface area (Å²) in [5, 5.41) is 7.28. The first-order chi connectivity index (χ1) is 13.4. The van der Waals surface area contributed by atoms with Crippen molar-refractivity contribution in [3.8, 4) is 0 Å². The van der Waals surface area contributed by atoms with Gasteiger partial charge in [0.05, 0.1) is 0 Å². The molecule has 1 atom stereocenters. The van der Waals surface area contributed by atoms with Gasteiger partial charge in [-0.1, -0.05) is 60.7 Å². The van der Waals surface area contributed by atoms with Gasteiger partial charge >= 0.3 is 12.1 Å². The average molecular weight is 380 g/mol. The molecule has 1 aliphatic rings. The third-order valence-corrected chi connectivity index (χ3v) is 4.48. The van der Waals surface area contributed by atoms with E-state index < -0.39 is 36.0 Å². The molecule has 1 saturated heterocycles. The lowest BCUT2D eigenvalue weighted by Crippen LogP contribution is -2.46. The largest absolute Gasteiger partial charge is 0.334 e. The van der Waals surface area contributed by atoms with Crippen molar-refractivity contribution in [2.45, 2.75) is 19.0 Å². The van der Waals surface area contributed by atoms with Crippen molar-refractivity contribution in [1.29, 1.82) is 0 Å². The second-order valence-electron chi connectivity index (χ2n) is 6.53. The molecule has 0 radical (unpaired) electrons. The fraction of sp³-hybridized carbons (Fsp3) is 0.200. The highest BCUT2D eigenvalue weighted by Crippen LogP contribution is 2.28. The number of hydrogen-bond donors (Lipinski definition) is 3. The molecule has 3 rings (SSSR count). The molecule has 3 N–H and O–H groups in total. The van der Waals surface area contributed by atoms with E-state index in [4.69, 9.17) is 0 Å². The highest BCUT2D eigenvalue weighted by molar-refractivity contribution is 6.10. The van der Waals surface area contributed by atoms with Crippen LogP contribution in [0.3, 0.4) is 0 Å². The van der Waals surface area contributed by atoms with Gasteiger partial charge in [-0.2, -0.15) is 0 Å². The lowest BCUT2D eigenvalue weighted by molar-refractivity contribution is -0.134. The molecule has 0 aromatic heterocycles. The zero-order valence-electron chi connectivity index (χ0n) is 15.3. The second kappa shape index (κ2) is 7.91. The van der Waals surface area contributed by atoms with Gasteiger partial charge in [0.25, 0.3) is 5.91 Å². The number of nitrogens with one attached hydrogen (secondary N) is 3. The number of imide groups is 2. The minimum atomic E-state index is -1.26. The fourth-order valence-electron chi connectivity index (χ4n) is 2.94. The Morgan fingerprint density at radius 3 is 2.25 bits per heavy atom. The maximum absolute atomic E-state index is 12.7. The van der Waals surface area contributed by atoms with Crippen LogP contribution in [0.5, 0.6) is 0 Å². The van der Waals surface area contributed by atoms with E-state index >= 15 is 0 Å². The van der Waals surface area contributed by atoms with E-state index in [-0.39, 0.29) is 6.54 Å². The van der Waals surface area contributed by atoms with Crippen LogP contribution < -0.4 is 16.0 Å². The molecule has 1 fully saturated rings. The van der Waals surface area contributed by atoms with E-state index in [2.05, 4.69) is 16.0 Å². The predicted octanol–water partition coefficient (Wildman–Crippen LogP) is 1.48. The summed E-state index contributed by atoms with van der Waals surface area (Å²) < 4.78 is 0. The van der Waals surface area contributed by atoms with Gasteiger partial charge in [0.2, 0.25) is 5.91 Å². The molecule has 0 saturated carbocycles. The van der Waals surface area contributed by atoms with Crippen molar-refractivity contribution in [3.05, 3.63) is 71.8 Å². The molecule has 1 aliphatic heterocycles. The molecule has 8 nitrogen and oxygen atoms in total. The first-order valence-corrected chi connectivity index (χ1v) is 8.71. The van der Waals surface area contributed by atoms with E-state index in [9.17, 15) is 19.2 Å². The topological polar surface area (TPSA) is 108 Å². The van der Waals surface area contributed by atoms with Crippen LogP contribution in [0.1, 0.15) is 18.1 Å². The van der Waals surface area contributed by atoms with Crippen molar-refractivity contribution < 1.29 is 19.2 Å². The maximum Gasteiger partial charge on any atom is 0.325 e. The molecule has 6 amide bonds. The maximum atomic E-state index is 12.7. The molecule has 144 valence electrons. The number of amides is 6. The highest BCUT2D eigenvalue weighted by Gasteiger charge is 2.49. The van der Waals surface area contributed by atoms with Gasteiger partial charge in [-0.05, 0) is 18.1 Å². The van der Waals surface area contributed by atoms with E-state index in [1.54, 1.807) is 37.3 Å². The SMILES string of the molecule is C[C@@]1(c2ccccc2)NC(=O)N(CC(=O)NC(=O)NCc2ccccc2)C1=O. The second-order valence-corrected chi connectivity index (χ2v) is 6.53. The number of rotatable bonds is 5. The van der Waals surface area contributed by atoms with E-state index in [1.165, 1.54) is 0 Å². The van der Waals surface area contributed by atoms with Gasteiger partial charge in [-0.3, -0.25) is 19.8 Å². The van der Waals surface area contributed by atoms with E-state index in [0.29, 0.717) is 5.56 Å². The summed E-state index contributed by atoms with van der Waals surface area (Å²) in [6.07, 6.45) is 0. The Balaban J connectivity index is 1.57.